The van der Waals surface area contributed by atoms with Crippen LogP contribution in [0.3, 0.4) is 0 Å². The molecular formula is C16H14ClF2N2O8PS. The van der Waals surface area contributed by atoms with Gasteiger partial charge in [0.15, 0.2) is 6.20 Å². The highest BCUT2D eigenvalue weighted by molar-refractivity contribution is 7.71. The molecule has 1 saturated heterocycles. The highest BCUT2D eigenvalue weighted by Crippen LogP contribution is 2.55. The number of aliphatic hydroxyl groups excluding tert-OH is 2. The Morgan fingerprint density at radius 2 is 2.26 bits per heavy atom. The molecule has 1 unspecified atom stereocenters. The third-order valence-electron chi connectivity index (χ3n) is 4.43. The van der Waals surface area contributed by atoms with E-state index in [0.29, 0.717) is 4.57 Å². The molecule has 1 aromatic carbocycles. The van der Waals surface area contributed by atoms with Crippen LogP contribution in [-0.2, 0) is 25.0 Å². The van der Waals surface area contributed by atoms with E-state index in [0.717, 1.165) is 18.3 Å². The van der Waals surface area contributed by atoms with E-state index in [2.05, 4.69) is 4.98 Å². The fourth-order valence-electron chi connectivity index (χ4n) is 2.86. The van der Waals surface area contributed by atoms with Crippen LogP contribution in [0.2, 0.25) is 5.02 Å². The molecule has 10 nitrogen and oxygen atoms in total. The maximum absolute atomic E-state index is 15.4. The summed E-state index contributed by atoms with van der Waals surface area (Å²) in [7, 11) is -4.45. The number of ether oxygens (including phenoxy) is 1. The molecule has 4 rings (SSSR count). The highest BCUT2D eigenvalue weighted by Gasteiger charge is 2.57. The van der Waals surface area contributed by atoms with Crippen LogP contribution in [-0.4, -0.2) is 44.4 Å². The largest absolute Gasteiger partial charge is 0.530 e. The summed E-state index contributed by atoms with van der Waals surface area (Å²) in [5.41, 5.74) is -0.855. The van der Waals surface area contributed by atoms with Crippen LogP contribution in [0.1, 0.15) is 13.1 Å². The van der Waals surface area contributed by atoms with Crippen LogP contribution in [0.25, 0.3) is 0 Å². The van der Waals surface area contributed by atoms with Crippen molar-refractivity contribution in [2.75, 3.05) is 6.61 Å². The fraction of sp³-hybridized carbons (Fsp3) is 0.375. The van der Waals surface area contributed by atoms with E-state index < -0.39 is 50.2 Å². The van der Waals surface area contributed by atoms with E-state index in [1.54, 1.807) is 0 Å². The first-order valence-electron chi connectivity index (χ1n) is 9.01. The number of fused-ring (bicyclic) bond motifs is 1. The zero-order valence-electron chi connectivity index (χ0n) is 16.2. The average molecular weight is 500 g/mol. The lowest BCUT2D eigenvalue weighted by Gasteiger charge is -2.28. The van der Waals surface area contributed by atoms with Crippen molar-refractivity contribution in [3.63, 3.8) is 0 Å². The Bertz CT molecular complexity index is 1250. The van der Waals surface area contributed by atoms with Gasteiger partial charge in [-0.05, 0) is 18.2 Å². The first-order chi connectivity index (χ1) is 14.9. The second kappa shape index (κ2) is 8.01. The second-order valence-corrected chi connectivity index (χ2v) is 8.97. The van der Waals surface area contributed by atoms with E-state index in [1.807, 2.05) is 0 Å². The molecule has 0 bridgehead atoms. The summed E-state index contributed by atoms with van der Waals surface area (Å²) in [6, 6.07) is 3.29. The molecule has 0 radical (unpaired) electrons. The van der Waals surface area contributed by atoms with Crippen molar-refractivity contribution in [2.24, 2.45) is 0 Å². The maximum atomic E-state index is 15.4. The number of aromatic nitrogens is 2. The Morgan fingerprint density at radius 3 is 3.00 bits per heavy atom. The Labute approximate surface area is 183 Å². The zero-order valence-corrected chi connectivity index (χ0v) is 17.6. The van der Waals surface area contributed by atoms with E-state index >= 15 is 4.39 Å². The third kappa shape index (κ3) is 4.20. The Morgan fingerprint density at radius 1 is 1.52 bits per heavy atom. The molecule has 0 aliphatic carbocycles. The minimum Gasteiger partial charge on any atom is -0.404 e. The normalized spacial score (nSPS) is 35.3. The molecule has 168 valence electrons. The van der Waals surface area contributed by atoms with Crippen LogP contribution in [0.5, 0.6) is 5.75 Å². The molecule has 15 heteroatoms. The van der Waals surface area contributed by atoms with Gasteiger partial charge in [-0.15, -0.1) is 0 Å². The predicted molar refractivity (Wildman–Crippen MR) is 102 cm³/mol. The molecule has 1 fully saturated rings. The highest BCUT2D eigenvalue weighted by atomic mass is 35.5. The lowest BCUT2D eigenvalue weighted by atomic mass is 10.1. The van der Waals surface area contributed by atoms with Crippen molar-refractivity contribution in [1.82, 2.24) is 9.55 Å². The zero-order chi connectivity index (χ0) is 23.5. The molecular weight excluding hydrogens is 485 g/mol. The number of phosphoric acid groups is 1. The van der Waals surface area contributed by atoms with E-state index in [1.165, 1.54) is 6.07 Å². The van der Waals surface area contributed by atoms with Crippen LogP contribution < -0.4 is 10.2 Å². The van der Waals surface area contributed by atoms with Gasteiger partial charge in [0.25, 0.3) is 5.85 Å². The predicted octanol–water partition coefficient (Wildman–Crippen LogP) is 2.35. The van der Waals surface area contributed by atoms with Gasteiger partial charge < -0.3 is 19.5 Å². The van der Waals surface area contributed by atoms with Crippen LogP contribution in [0, 0.1) is 10.5 Å². The van der Waals surface area contributed by atoms with Gasteiger partial charge in [-0.1, -0.05) is 23.8 Å². The average Bonchev–Trinajstić information content (AvgIpc) is 2.91. The Kier molecular flexibility index (Phi) is 5.47. The standard InChI is InChI=1S/C16H14ClF2N2O8PS/c17-9-4-21(15(24)20-13(9)31)14-11(22)12(23)16(19,28-14)6-27-30(25)26-5-7-3-8(18)1-2-10(7)29-30/h1-4,11-12,14,22-23H,5-6H2,(H,20,24,31)/t11-,12+,14-,16-,30?/m1/s1/i14D. The first-order valence-corrected chi connectivity index (χ1v) is 10.8. The number of halogens is 3. The minimum absolute atomic E-state index is 0.0302. The first kappa shape index (κ1) is 21.2. The van der Waals surface area contributed by atoms with Gasteiger partial charge in [0, 0.05) is 11.8 Å². The summed E-state index contributed by atoms with van der Waals surface area (Å²) in [6.45, 7) is -1.71. The van der Waals surface area contributed by atoms with Gasteiger partial charge in [-0.2, -0.15) is 0 Å². The summed E-state index contributed by atoms with van der Waals surface area (Å²) >= 11 is 10.6. The number of aromatic amines is 1. The summed E-state index contributed by atoms with van der Waals surface area (Å²) < 4.78 is 69.6. The number of aliphatic hydroxyl groups is 2. The number of nitrogens with one attached hydrogen (secondary N) is 1. The van der Waals surface area contributed by atoms with Gasteiger partial charge in [0.2, 0.25) is 0 Å². The number of hydrogen-bond donors (Lipinski definition) is 3. The third-order valence-corrected chi connectivity index (χ3v) is 6.47. The Balaban J connectivity index is 1.56. The molecule has 0 spiro atoms. The molecule has 3 N–H and O–H groups in total. The number of benzene rings is 1. The van der Waals surface area contributed by atoms with E-state index in [-0.39, 0.29) is 27.6 Å². The minimum atomic E-state index is -4.45. The van der Waals surface area contributed by atoms with Crippen LogP contribution in [0.4, 0.5) is 8.78 Å². The van der Waals surface area contributed by atoms with Crippen LogP contribution in [0.15, 0.2) is 29.2 Å². The smallest absolute Gasteiger partial charge is 0.404 e. The number of phosphoric ester groups is 1. The Hall–Kier alpha value is -1.70. The molecule has 3 heterocycles. The lowest BCUT2D eigenvalue weighted by Crippen LogP contribution is -2.43. The van der Waals surface area contributed by atoms with Crippen LogP contribution >= 0.6 is 31.6 Å². The van der Waals surface area contributed by atoms with Gasteiger partial charge in [0.05, 0.1) is 13.0 Å². The molecule has 5 atom stereocenters. The van der Waals surface area contributed by atoms with Crippen molar-refractivity contribution in [2.45, 2.75) is 30.9 Å². The van der Waals surface area contributed by atoms with Gasteiger partial charge in [-0.25, -0.2) is 18.1 Å². The van der Waals surface area contributed by atoms with Crippen molar-refractivity contribution in [3.05, 3.63) is 55.9 Å². The summed E-state index contributed by atoms with van der Waals surface area (Å²) in [5.74, 6) is -3.94. The van der Waals surface area contributed by atoms with Crippen molar-refractivity contribution < 1.29 is 43.2 Å². The number of H-pyrrole nitrogens is 1. The molecule has 2 aromatic rings. The van der Waals surface area contributed by atoms with Crippen molar-refractivity contribution >= 4 is 31.6 Å². The summed E-state index contributed by atoms with van der Waals surface area (Å²) in [6.07, 6.45) is -6.81. The topological polar surface area (TPSA) is 132 Å². The second-order valence-electron chi connectivity index (χ2n) is 6.56. The lowest BCUT2D eigenvalue weighted by molar-refractivity contribution is -0.205. The number of nitrogens with zero attached hydrogens (tertiary/aromatic N) is 1. The van der Waals surface area contributed by atoms with Gasteiger partial charge >= 0.3 is 13.5 Å². The number of rotatable bonds is 4. The molecule has 1 aromatic heterocycles. The fourth-order valence-corrected chi connectivity index (χ4v) is 4.37. The van der Waals surface area contributed by atoms with Gasteiger partial charge in [0.1, 0.15) is 35.0 Å². The van der Waals surface area contributed by atoms with E-state index in [4.69, 9.17) is 43.5 Å². The summed E-state index contributed by atoms with van der Waals surface area (Å²) in [5, 5.41) is 20.3. The molecule has 31 heavy (non-hydrogen) atoms. The maximum Gasteiger partial charge on any atom is 0.530 e. The summed E-state index contributed by atoms with van der Waals surface area (Å²) in [4.78, 5) is 14.3. The quantitative estimate of drug-likeness (QED) is 0.428. The monoisotopic (exact) mass is 499 g/mol. The van der Waals surface area contributed by atoms with Crippen molar-refractivity contribution in [1.29, 1.82) is 0 Å². The van der Waals surface area contributed by atoms with Crippen molar-refractivity contribution in [3.8, 4) is 5.75 Å². The molecule has 0 saturated carbocycles. The molecule has 0 amide bonds. The SMILES string of the molecule is [2H][C@@]1(n2cc(Cl)c(=S)[nH]c2=O)O[C@](F)(COP2(=O)OCc3cc(F)ccc3O2)[C@@H](O)[C@H]1O. The molecule has 2 aliphatic heterocycles. The number of hydrogen-bond acceptors (Lipinski definition) is 9. The molecule has 2 aliphatic rings. The van der Waals surface area contributed by atoms with E-state index in [9.17, 15) is 24.0 Å². The van der Waals surface area contributed by atoms with Gasteiger partial charge in [-0.3, -0.25) is 18.6 Å². The number of alkyl halides is 1.